The number of aliphatic carboxylic acids is 1. The van der Waals surface area contributed by atoms with Gasteiger partial charge in [0.05, 0.1) is 0 Å². The van der Waals surface area contributed by atoms with Crippen LogP contribution in [-0.2, 0) is 24.2 Å². The van der Waals surface area contributed by atoms with Crippen molar-refractivity contribution in [2.75, 3.05) is 0 Å². The van der Waals surface area contributed by atoms with E-state index in [4.69, 9.17) is 10.8 Å². The van der Waals surface area contributed by atoms with Gasteiger partial charge in [0.25, 0.3) is 0 Å². The molecule has 0 radical (unpaired) electrons. The molecular weight excluding hydrogens is 226 g/mol. The van der Waals surface area contributed by atoms with Crippen molar-refractivity contribution in [3.63, 3.8) is 0 Å². The highest BCUT2D eigenvalue weighted by Gasteiger charge is 2.05. The molecule has 0 aliphatic heterocycles. The Morgan fingerprint density at radius 1 is 1.22 bits per heavy atom. The Labute approximate surface area is 109 Å². The van der Waals surface area contributed by atoms with Crippen LogP contribution < -0.4 is 5.73 Å². The molecule has 1 rings (SSSR count). The van der Waals surface area contributed by atoms with E-state index in [1.54, 1.807) is 0 Å². The van der Waals surface area contributed by atoms with Crippen molar-refractivity contribution in [1.29, 1.82) is 0 Å². The number of carboxylic acid groups (broad SMARTS) is 1. The molecule has 100 valence electrons. The lowest BCUT2D eigenvalue weighted by molar-refractivity contribution is -0.136. The molecule has 0 amide bonds. The van der Waals surface area contributed by atoms with Gasteiger partial charge in [0.1, 0.15) is 0 Å². The van der Waals surface area contributed by atoms with E-state index in [9.17, 15) is 4.79 Å². The van der Waals surface area contributed by atoms with E-state index >= 15 is 0 Å². The van der Waals surface area contributed by atoms with Gasteiger partial charge in [0.15, 0.2) is 0 Å². The van der Waals surface area contributed by atoms with Gasteiger partial charge in [-0.05, 0) is 36.0 Å². The van der Waals surface area contributed by atoms with Gasteiger partial charge in [-0.25, -0.2) is 0 Å². The van der Waals surface area contributed by atoms with Crippen LogP contribution in [0.1, 0.15) is 49.3 Å². The van der Waals surface area contributed by atoms with Crippen molar-refractivity contribution in [2.24, 2.45) is 5.73 Å². The largest absolute Gasteiger partial charge is 0.481 e. The minimum Gasteiger partial charge on any atom is -0.481 e. The first-order valence-electron chi connectivity index (χ1n) is 6.70. The SMILES string of the molecule is CCCCCc1ccc(CCC(=O)O)c(CN)c1. The second kappa shape index (κ2) is 7.88. The maximum atomic E-state index is 10.6. The molecule has 0 aliphatic rings. The fraction of sp³-hybridized carbons (Fsp3) is 0.533. The van der Waals surface area contributed by atoms with Gasteiger partial charge in [-0.1, -0.05) is 38.0 Å². The molecule has 3 N–H and O–H groups in total. The Bertz CT molecular complexity index is 388. The fourth-order valence-corrected chi connectivity index (χ4v) is 2.09. The first-order chi connectivity index (χ1) is 8.67. The summed E-state index contributed by atoms with van der Waals surface area (Å²) in [4.78, 5) is 10.6. The molecule has 0 atom stereocenters. The van der Waals surface area contributed by atoms with Crippen molar-refractivity contribution in [1.82, 2.24) is 0 Å². The highest BCUT2D eigenvalue weighted by Crippen LogP contribution is 2.16. The molecule has 0 heterocycles. The third kappa shape index (κ3) is 4.88. The zero-order chi connectivity index (χ0) is 13.4. The average molecular weight is 249 g/mol. The van der Waals surface area contributed by atoms with Crippen LogP contribution in [0.5, 0.6) is 0 Å². The lowest BCUT2D eigenvalue weighted by Crippen LogP contribution is -2.05. The number of rotatable bonds is 8. The quantitative estimate of drug-likeness (QED) is 0.696. The van der Waals surface area contributed by atoms with Gasteiger partial charge in [0, 0.05) is 13.0 Å². The van der Waals surface area contributed by atoms with E-state index in [0.717, 1.165) is 17.5 Å². The zero-order valence-electron chi connectivity index (χ0n) is 11.1. The molecule has 0 fully saturated rings. The highest BCUT2D eigenvalue weighted by molar-refractivity contribution is 5.67. The standard InChI is InChI=1S/C15H23NO2/c1-2-3-4-5-12-6-7-13(8-9-15(17)18)14(10-12)11-16/h6-7,10H,2-5,8-9,11,16H2,1H3,(H,17,18). The molecule has 1 aromatic carbocycles. The van der Waals surface area contributed by atoms with Crippen LogP contribution >= 0.6 is 0 Å². The summed E-state index contributed by atoms with van der Waals surface area (Å²) in [7, 11) is 0. The van der Waals surface area contributed by atoms with E-state index in [0.29, 0.717) is 13.0 Å². The molecule has 0 aromatic heterocycles. The van der Waals surface area contributed by atoms with Gasteiger partial charge >= 0.3 is 5.97 Å². The van der Waals surface area contributed by atoms with Crippen molar-refractivity contribution >= 4 is 5.97 Å². The number of nitrogens with two attached hydrogens (primary N) is 1. The lowest BCUT2D eigenvalue weighted by Gasteiger charge is -2.09. The Morgan fingerprint density at radius 3 is 2.61 bits per heavy atom. The number of aryl methyl sites for hydroxylation is 2. The van der Waals surface area contributed by atoms with Crippen molar-refractivity contribution in [2.45, 2.75) is 52.0 Å². The Kier molecular flexibility index (Phi) is 6.44. The first-order valence-corrected chi connectivity index (χ1v) is 6.70. The first kappa shape index (κ1) is 14.7. The van der Waals surface area contributed by atoms with Crippen LogP contribution in [0.4, 0.5) is 0 Å². The van der Waals surface area contributed by atoms with E-state index in [-0.39, 0.29) is 6.42 Å². The second-order valence-electron chi connectivity index (χ2n) is 4.66. The number of benzene rings is 1. The summed E-state index contributed by atoms with van der Waals surface area (Å²) in [6.07, 6.45) is 5.49. The van der Waals surface area contributed by atoms with Crippen LogP contribution in [0.3, 0.4) is 0 Å². The van der Waals surface area contributed by atoms with Gasteiger partial charge < -0.3 is 10.8 Å². The number of carbonyl (C=O) groups is 1. The third-order valence-electron chi connectivity index (χ3n) is 3.17. The smallest absolute Gasteiger partial charge is 0.303 e. The molecular formula is C15H23NO2. The van der Waals surface area contributed by atoms with Crippen LogP contribution in [0.2, 0.25) is 0 Å². The van der Waals surface area contributed by atoms with Crippen LogP contribution in [0.25, 0.3) is 0 Å². The van der Waals surface area contributed by atoms with E-state index in [1.807, 2.05) is 6.07 Å². The second-order valence-corrected chi connectivity index (χ2v) is 4.66. The normalized spacial score (nSPS) is 10.6. The summed E-state index contributed by atoms with van der Waals surface area (Å²) in [6, 6.07) is 6.27. The predicted molar refractivity (Wildman–Crippen MR) is 73.5 cm³/mol. The summed E-state index contributed by atoms with van der Waals surface area (Å²) < 4.78 is 0. The number of hydrogen-bond donors (Lipinski definition) is 2. The minimum absolute atomic E-state index is 0.169. The monoisotopic (exact) mass is 249 g/mol. The topological polar surface area (TPSA) is 63.3 Å². The number of carboxylic acids is 1. The van der Waals surface area contributed by atoms with Gasteiger partial charge in [0.2, 0.25) is 0 Å². The molecule has 0 unspecified atom stereocenters. The summed E-state index contributed by atoms with van der Waals surface area (Å²) in [5.74, 6) is -0.759. The Morgan fingerprint density at radius 2 is 2.00 bits per heavy atom. The minimum atomic E-state index is -0.759. The van der Waals surface area contributed by atoms with E-state index < -0.39 is 5.97 Å². The maximum Gasteiger partial charge on any atom is 0.303 e. The molecule has 0 saturated heterocycles. The zero-order valence-corrected chi connectivity index (χ0v) is 11.1. The van der Waals surface area contributed by atoms with E-state index in [1.165, 1.54) is 24.8 Å². The van der Waals surface area contributed by atoms with E-state index in [2.05, 4.69) is 19.1 Å². The Balaban J connectivity index is 2.67. The molecule has 3 nitrogen and oxygen atoms in total. The van der Waals surface area contributed by atoms with Crippen molar-refractivity contribution in [3.8, 4) is 0 Å². The molecule has 3 heteroatoms. The fourth-order valence-electron chi connectivity index (χ4n) is 2.09. The summed E-state index contributed by atoms with van der Waals surface area (Å²) in [5.41, 5.74) is 9.20. The third-order valence-corrected chi connectivity index (χ3v) is 3.17. The van der Waals surface area contributed by atoms with Crippen LogP contribution in [-0.4, -0.2) is 11.1 Å². The van der Waals surface area contributed by atoms with Gasteiger partial charge in [-0.15, -0.1) is 0 Å². The molecule has 0 saturated carbocycles. The Hall–Kier alpha value is -1.35. The lowest BCUT2D eigenvalue weighted by atomic mass is 9.97. The highest BCUT2D eigenvalue weighted by atomic mass is 16.4. The number of hydrogen-bond acceptors (Lipinski definition) is 2. The van der Waals surface area contributed by atoms with Crippen molar-refractivity contribution < 1.29 is 9.90 Å². The molecule has 1 aromatic rings. The van der Waals surface area contributed by atoms with Gasteiger partial charge in [-0.3, -0.25) is 4.79 Å². The summed E-state index contributed by atoms with van der Waals surface area (Å²) >= 11 is 0. The summed E-state index contributed by atoms with van der Waals surface area (Å²) in [6.45, 7) is 2.68. The molecule has 0 bridgehead atoms. The predicted octanol–water partition coefficient (Wildman–Crippen LogP) is 2.90. The molecule has 0 aliphatic carbocycles. The van der Waals surface area contributed by atoms with Crippen LogP contribution in [0.15, 0.2) is 18.2 Å². The number of unbranched alkanes of at least 4 members (excludes halogenated alkanes) is 2. The molecule has 18 heavy (non-hydrogen) atoms. The average Bonchev–Trinajstić information content (AvgIpc) is 2.37. The molecule has 0 spiro atoms. The summed E-state index contributed by atoms with van der Waals surface area (Å²) in [5, 5.41) is 8.71. The van der Waals surface area contributed by atoms with Crippen molar-refractivity contribution in [3.05, 3.63) is 34.9 Å². The maximum absolute atomic E-state index is 10.6. The van der Waals surface area contributed by atoms with Gasteiger partial charge in [-0.2, -0.15) is 0 Å². The van der Waals surface area contributed by atoms with Crippen LogP contribution in [0, 0.1) is 0 Å².